The molecular formula is C9H10ClNO. The van der Waals surface area contributed by atoms with Gasteiger partial charge in [-0.05, 0) is 23.3 Å². The minimum absolute atomic E-state index is 0.239. The molecule has 64 valence electrons. The van der Waals surface area contributed by atoms with Crippen molar-refractivity contribution in [3.63, 3.8) is 0 Å². The van der Waals surface area contributed by atoms with E-state index in [0.717, 1.165) is 11.1 Å². The fourth-order valence-electron chi connectivity index (χ4n) is 1.64. The average molecular weight is 184 g/mol. The fourth-order valence-corrected chi connectivity index (χ4v) is 1.83. The Morgan fingerprint density at radius 2 is 2.25 bits per heavy atom. The fraction of sp³-hybridized carbons (Fsp3) is 0.333. The Bertz CT molecular complexity index is 313. The van der Waals surface area contributed by atoms with Gasteiger partial charge in [-0.2, -0.15) is 0 Å². The third-order valence-corrected chi connectivity index (χ3v) is 2.54. The van der Waals surface area contributed by atoms with Crippen molar-refractivity contribution in [3.05, 3.63) is 34.3 Å². The summed E-state index contributed by atoms with van der Waals surface area (Å²) in [7, 11) is 0. The van der Waals surface area contributed by atoms with Crippen molar-refractivity contribution < 1.29 is 5.11 Å². The smallest absolute Gasteiger partial charge is 0.0773 e. The lowest BCUT2D eigenvalue weighted by Crippen LogP contribution is -2.21. The second-order valence-corrected chi connectivity index (χ2v) is 3.58. The number of aliphatic hydroxyl groups is 1. The third kappa shape index (κ3) is 1.12. The van der Waals surface area contributed by atoms with Crippen molar-refractivity contribution in [2.45, 2.75) is 18.6 Å². The molecule has 0 saturated heterocycles. The number of rotatable bonds is 0. The second-order valence-electron chi connectivity index (χ2n) is 3.14. The Labute approximate surface area is 76.0 Å². The van der Waals surface area contributed by atoms with Crippen LogP contribution in [0.25, 0.3) is 0 Å². The highest BCUT2D eigenvalue weighted by molar-refractivity contribution is 6.30. The molecule has 1 aliphatic carbocycles. The molecule has 0 saturated carbocycles. The summed E-state index contributed by atoms with van der Waals surface area (Å²) in [4.78, 5) is 0. The Morgan fingerprint density at radius 3 is 3.00 bits per heavy atom. The second kappa shape index (κ2) is 2.73. The van der Waals surface area contributed by atoms with Crippen LogP contribution in [0, 0.1) is 0 Å². The Morgan fingerprint density at radius 1 is 1.50 bits per heavy atom. The summed E-state index contributed by atoms with van der Waals surface area (Å²) in [5.74, 6) is 0. The summed E-state index contributed by atoms with van der Waals surface area (Å²) in [5.41, 5.74) is 7.84. The normalized spacial score (nSPS) is 27.2. The predicted octanol–water partition coefficient (Wildman–Crippen LogP) is 1.26. The number of fused-ring (bicyclic) bond motifs is 1. The number of hydrogen-bond acceptors (Lipinski definition) is 2. The molecule has 0 radical (unpaired) electrons. The maximum Gasteiger partial charge on any atom is 0.0773 e. The van der Waals surface area contributed by atoms with Gasteiger partial charge in [0.2, 0.25) is 0 Å². The molecule has 1 aliphatic rings. The molecule has 2 unspecified atom stereocenters. The molecule has 1 aromatic rings. The van der Waals surface area contributed by atoms with Crippen molar-refractivity contribution in [1.82, 2.24) is 0 Å². The van der Waals surface area contributed by atoms with Crippen LogP contribution in [-0.2, 0) is 6.42 Å². The Balaban J connectivity index is 2.47. The minimum atomic E-state index is -0.446. The van der Waals surface area contributed by atoms with Crippen molar-refractivity contribution in [1.29, 1.82) is 0 Å². The zero-order valence-corrected chi connectivity index (χ0v) is 7.25. The van der Waals surface area contributed by atoms with Crippen molar-refractivity contribution in [2.75, 3.05) is 0 Å². The van der Waals surface area contributed by atoms with E-state index >= 15 is 0 Å². The first-order valence-electron chi connectivity index (χ1n) is 3.90. The first-order valence-corrected chi connectivity index (χ1v) is 4.28. The van der Waals surface area contributed by atoms with Crippen LogP contribution < -0.4 is 5.73 Å². The van der Waals surface area contributed by atoms with Gasteiger partial charge in [0.1, 0.15) is 0 Å². The number of benzene rings is 1. The van der Waals surface area contributed by atoms with E-state index in [1.807, 2.05) is 12.1 Å². The molecule has 0 heterocycles. The van der Waals surface area contributed by atoms with E-state index < -0.39 is 6.10 Å². The molecule has 0 aliphatic heterocycles. The van der Waals surface area contributed by atoms with Crippen LogP contribution in [0.4, 0.5) is 0 Å². The number of halogens is 1. The van der Waals surface area contributed by atoms with Gasteiger partial charge < -0.3 is 10.8 Å². The van der Waals surface area contributed by atoms with Crippen LogP contribution in [0.15, 0.2) is 18.2 Å². The minimum Gasteiger partial charge on any atom is -0.391 e. The quantitative estimate of drug-likeness (QED) is 0.636. The molecular weight excluding hydrogens is 174 g/mol. The molecule has 0 amide bonds. The lowest BCUT2D eigenvalue weighted by atomic mass is 10.1. The van der Waals surface area contributed by atoms with E-state index in [9.17, 15) is 5.11 Å². The van der Waals surface area contributed by atoms with Gasteiger partial charge in [0.25, 0.3) is 0 Å². The molecule has 1 aromatic carbocycles. The van der Waals surface area contributed by atoms with Crippen LogP contribution >= 0.6 is 11.6 Å². The van der Waals surface area contributed by atoms with E-state index in [2.05, 4.69) is 0 Å². The highest BCUT2D eigenvalue weighted by Gasteiger charge is 2.27. The lowest BCUT2D eigenvalue weighted by molar-refractivity contribution is 0.158. The summed E-state index contributed by atoms with van der Waals surface area (Å²) in [6, 6.07) is 5.32. The van der Waals surface area contributed by atoms with Crippen LogP contribution in [0.1, 0.15) is 17.2 Å². The molecule has 2 nitrogen and oxygen atoms in total. The molecule has 2 atom stereocenters. The van der Waals surface area contributed by atoms with Crippen LogP contribution in [0.5, 0.6) is 0 Å². The van der Waals surface area contributed by atoms with Crippen molar-refractivity contribution in [3.8, 4) is 0 Å². The standard InChI is InChI=1S/C9H10ClNO/c10-6-1-2-7-5(3-6)4-8(12)9(7)11/h1-3,8-9,12H,4,11H2. The van der Waals surface area contributed by atoms with Gasteiger partial charge in [-0.3, -0.25) is 0 Å². The first-order chi connectivity index (χ1) is 5.68. The van der Waals surface area contributed by atoms with E-state index in [4.69, 9.17) is 17.3 Å². The van der Waals surface area contributed by atoms with Gasteiger partial charge >= 0.3 is 0 Å². The van der Waals surface area contributed by atoms with Crippen LogP contribution in [0.3, 0.4) is 0 Å². The van der Waals surface area contributed by atoms with Gasteiger partial charge in [-0.25, -0.2) is 0 Å². The first kappa shape index (κ1) is 8.05. The van der Waals surface area contributed by atoms with Gasteiger partial charge in [-0.1, -0.05) is 17.7 Å². The summed E-state index contributed by atoms with van der Waals surface area (Å²) < 4.78 is 0. The molecule has 12 heavy (non-hydrogen) atoms. The van der Waals surface area contributed by atoms with Crippen LogP contribution in [0.2, 0.25) is 5.02 Å². The van der Waals surface area contributed by atoms with Crippen molar-refractivity contribution in [2.24, 2.45) is 5.73 Å². The van der Waals surface area contributed by atoms with Crippen molar-refractivity contribution >= 4 is 11.6 Å². The summed E-state index contributed by atoms with van der Waals surface area (Å²) >= 11 is 5.80. The summed E-state index contributed by atoms with van der Waals surface area (Å²) in [5, 5.41) is 10.1. The Kier molecular flexibility index (Phi) is 1.83. The highest BCUT2D eigenvalue weighted by Crippen LogP contribution is 2.31. The maximum atomic E-state index is 9.44. The SMILES string of the molecule is NC1c2ccc(Cl)cc2CC1O. The van der Waals surface area contributed by atoms with Gasteiger partial charge in [0, 0.05) is 11.4 Å². The average Bonchev–Trinajstić information content (AvgIpc) is 2.28. The topological polar surface area (TPSA) is 46.2 Å². The van der Waals surface area contributed by atoms with Gasteiger partial charge in [-0.15, -0.1) is 0 Å². The number of hydrogen-bond donors (Lipinski definition) is 2. The molecule has 0 spiro atoms. The van der Waals surface area contributed by atoms with E-state index in [0.29, 0.717) is 11.4 Å². The summed E-state index contributed by atoms with van der Waals surface area (Å²) in [6.45, 7) is 0. The van der Waals surface area contributed by atoms with Crippen LogP contribution in [-0.4, -0.2) is 11.2 Å². The predicted molar refractivity (Wildman–Crippen MR) is 48.1 cm³/mol. The number of aliphatic hydroxyl groups excluding tert-OH is 1. The zero-order chi connectivity index (χ0) is 8.72. The lowest BCUT2D eigenvalue weighted by Gasteiger charge is -2.07. The third-order valence-electron chi connectivity index (χ3n) is 2.31. The molecule has 2 rings (SSSR count). The van der Waals surface area contributed by atoms with E-state index in [-0.39, 0.29) is 6.04 Å². The highest BCUT2D eigenvalue weighted by atomic mass is 35.5. The molecule has 3 heteroatoms. The van der Waals surface area contributed by atoms with E-state index in [1.54, 1.807) is 6.07 Å². The number of nitrogens with two attached hydrogens (primary N) is 1. The Hall–Kier alpha value is -0.570. The van der Waals surface area contributed by atoms with Gasteiger partial charge in [0.15, 0.2) is 0 Å². The molecule has 0 aromatic heterocycles. The molecule has 0 fully saturated rings. The largest absolute Gasteiger partial charge is 0.391 e. The maximum absolute atomic E-state index is 9.44. The molecule has 0 bridgehead atoms. The molecule has 3 N–H and O–H groups in total. The summed E-state index contributed by atoms with van der Waals surface area (Å²) in [6.07, 6.45) is 0.176. The zero-order valence-electron chi connectivity index (χ0n) is 6.50. The van der Waals surface area contributed by atoms with E-state index in [1.165, 1.54) is 0 Å². The monoisotopic (exact) mass is 183 g/mol. The van der Waals surface area contributed by atoms with Gasteiger partial charge in [0.05, 0.1) is 12.1 Å².